The Morgan fingerprint density at radius 1 is 1.30 bits per heavy atom. The molecule has 1 aromatic carbocycles. The minimum absolute atomic E-state index is 0.0449. The third-order valence-electron chi connectivity index (χ3n) is 2.88. The lowest BCUT2D eigenvalue weighted by atomic mass is 9.94. The number of amides is 1. The summed E-state index contributed by atoms with van der Waals surface area (Å²) in [4.78, 5) is 11.8. The van der Waals surface area contributed by atoms with E-state index in [0.29, 0.717) is 18.5 Å². The standard InChI is InChI=1S/C14H19F3N2O/c1-8(2)3-9(7-18)4-13(20)19-12-6-10(15)5-11(16)14(12)17/h5-6,8-9H,3-4,7,18H2,1-2H3,(H,19,20). The molecule has 0 saturated carbocycles. The average Bonchev–Trinajstić information content (AvgIpc) is 2.33. The van der Waals surface area contributed by atoms with Crippen LogP contribution in [0.15, 0.2) is 12.1 Å². The van der Waals surface area contributed by atoms with Crippen LogP contribution in [0.4, 0.5) is 18.9 Å². The van der Waals surface area contributed by atoms with Crippen LogP contribution in [0.25, 0.3) is 0 Å². The van der Waals surface area contributed by atoms with Crippen LogP contribution < -0.4 is 11.1 Å². The molecular formula is C14H19F3N2O. The summed E-state index contributed by atoms with van der Waals surface area (Å²) in [5, 5.41) is 2.18. The summed E-state index contributed by atoms with van der Waals surface area (Å²) in [6.07, 6.45) is 0.843. The number of hydrogen-bond acceptors (Lipinski definition) is 2. The summed E-state index contributed by atoms with van der Waals surface area (Å²) in [7, 11) is 0. The molecule has 0 aliphatic heterocycles. The van der Waals surface area contributed by atoms with Crippen LogP contribution in [0.1, 0.15) is 26.7 Å². The molecule has 0 radical (unpaired) electrons. The van der Waals surface area contributed by atoms with Crippen molar-refractivity contribution in [2.45, 2.75) is 26.7 Å². The maximum absolute atomic E-state index is 13.4. The third kappa shape index (κ3) is 4.85. The van der Waals surface area contributed by atoms with Gasteiger partial charge in [0.25, 0.3) is 0 Å². The molecule has 1 rings (SSSR count). The molecule has 20 heavy (non-hydrogen) atoms. The quantitative estimate of drug-likeness (QED) is 0.790. The normalized spacial score (nSPS) is 12.6. The first kappa shape index (κ1) is 16.5. The molecule has 0 aliphatic rings. The van der Waals surface area contributed by atoms with Gasteiger partial charge in [0.15, 0.2) is 11.6 Å². The highest BCUT2D eigenvalue weighted by molar-refractivity contribution is 5.91. The molecule has 0 aromatic heterocycles. The number of nitrogens with one attached hydrogen (secondary N) is 1. The van der Waals surface area contributed by atoms with Crippen molar-refractivity contribution in [2.24, 2.45) is 17.6 Å². The first-order valence-electron chi connectivity index (χ1n) is 6.48. The SMILES string of the molecule is CC(C)CC(CN)CC(=O)Nc1cc(F)cc(F)c1F. The van der Waals surface area contributed by atoms with Crippen molar-refractivity contribution < 1.29 is 18.0 Å². The maximum Gasteiger partial charge on any atom is 0.224 e. The van der Waals surface area contributed by atoms with E-state index in [4.69, 9.17) is 5.73 Å². The van der Waals surface area contributed by atoms with E-state index < -0.39 is 29.0 Å². The van der Waals surface area contributed by atoms with Crippen molar-refractivity contribution in [1.29, 1.82) is 0 Å². The summed E-state index contributed by atoms with van der Waals surface area (Å²) < 4.78 is 39.4. The Hall–Kier alpha value is -1.56. The topological polar surface area (TPSA) is 55.1 Å². The summed E-state index contributed by atoms with van der Waals surface area (Å²) in [5.74, 6) is -3.73. The molecule has 3 N–H and O–H groups in total. The molecule has 1 unspecified atom stereocenters. The predicted octanol–water partition coefficient (Wildman–Crippen LogP) is 3.05. The van der Waals surface area contributed by atoms with Crippen molar-refractivity contribution in [3.05, 3.63) is 29.6 Å². The van der Waals surface area contributed by atoms with Crippen molar-refractivity contribution in [2.75, 3.05) is 11.9 Å². The summed E-state index contributed by atoms with van der Waals surface area (Å²) >= 11 is 0. The third-order valence-corrected chi connectivity index (χ3v) is 2.88. The number of halogens is 3. The van der Waals surface area contributed by atoms with Crippen LogP contribution in [0.2, 0.25) is 0 Å². The van der Waals surface area contributed by atoms with Gasteiger partial charge in [-0.15, -0.1) is 0 Å². The molecule has 6 heteroatoms. The van der Waals surface area contributed by atoms with E-state index in [1.54, 1.807) is 0 Å². The Balaban J connectivity index is 2.71. The number of rotatable bonds is 6. The van der Waals surface area contributed by atoms with E-state index in [1.165, 1.54) is 0 Å². The van der Waals surface area contributed by atoms with Crippen LogP contribution >= 0.6 is 0 Å². The molecular weight excluding hydrogens is 269 g/mol. The molecule has 0 bridgehead atoms. The zero-order chi connectivity index (χ0) is 15.3. The van der Waals surface area contributed by atoms with E-state index in [-0.39, 0.29) is 12.3 Å². The van der Waals surface area contributed by atoms with Crippen molar-refractivity contribution >= 4 is 11.6 Å². The van der Waals surface area contributed by atoms with Gasteiger partial charge in [0.05, 0.1) is 5.69 Å². The van der Waals surface area contributed by atoms with E-state index >= 15 is 0 Å². The highest BCUT2D eigenvalue weighted by Gasteiger charge is 2.17. The number of anilines is 1. The lowest BCUT2D eigenvalue weighted by molar-refractivity contribution is -0.117. The Bertz CT molecular complexity index is 478. The number of hydrogen-bond donors (Lipinski definition) is 2. The van der Waals surface area contributed by atoms with Gasteiger partial charge in [0.2, 0.25) is 5.91 Å². The Labute approximate surface area is 116 Å². The zero-order valence-electron chi connectivity index (χ0n) is 11.6. The lowest BCUT2D eigenvalue weighted by Crippen LogP contribution is -2.24. The summed E-state index contributed by atoms with van der Waals surface area (Å²) in [5.41, 5.74) is 5.07. The Morgan fingerprint density at radius 2 is 1.95 bits per heavy atom. The highest BCUT2D eigenvalue weighted by atomic mass is 19.2. The Morgan fingerprint density at radius 3 is 2.50 bits per heavy atom. The second-order valence-electron chi connectivity index (χ2n) is 5.23. The predicted molar refractivity (Wildman–Crippen MR) is 71.6 cm³/mol. The molecule has 0 aliphatic carbocycles. The molecule has 0 spiro atoms. The largest absolute Gasteiger partial charge is 0.330 e. The second kappa shape index (κ2) is 7.28. The van der Waals surface area contributed by atoms with Gasteiger partial charge in [0, 0.05) is 18.6 Å². The number of carbonyl (C=O) groups excluding carboxylic acids is 1. The first-order chi connectivity index (χ1) is 9.33. The fourth-order valence-electron chi connectivity index (χ4n) is 2.04. The molecule has 0 heterocycles. The zero-order valence-corrected chi connectivity index (χ0v) is 11.6. The molecule has 0 fully saturated rings. The molecule has 0 saturated heterocycles. The van der Waals surface area contributed by atoms with E-state index in [9.17, 15) is 18.0 Å². The smallest absolute Gasteiger partial charge is 0.224 e. The van der Waals surface area contributed by atoms with Crippen LogP contribution in [-0.2, 0) is 4.79 Å². The minimum Gasteiger partial charge on any atom is -0.330 e. The van der Waals surface area contributed by atoms with E-state index in [1.807, 2.05) is 13.8 Å². The van der Waals surface area contributed by atoms with E-state index in [2.05, 4.69) is 5.32 Å². The highest BCUT2D eigenvalue weighted by Crippen LogP contribution is 2.21. The van der Waals surface area contributed by atoms with Crippen molar-refractivity contribution in [1.82, 2.24) is 0 Å². The first-order valence-corrected chi connectivity index (χ1v) is 6.48. The van der Waals surface area contributed by atoms with Gasteiger partial charge in [-0.05, 0) is 24.8 Å². The number of carbonyl (C=O) groups is 1. The van der Waals surface area contributed by atoms with Gasteiger partial charge in [-0.3, -0.25) is 4.79 Å². The molecule has 1 atom stereocenters. The average molecular weight is 288 g/mol. The molecule has 1 aromatic rings. The number of nitrogens with two attached hydrogens (primary N) is 1. The fraction of sp³-hybridized carbons (Fsp3) is 0.500. The lowest BCUT2D eigenvalue weighted by Gasteiger charge is -2.16. The molecule has 112 valence electrons. The van der Waals surface area contributed by atoms with Crippen LogP contribution in [-0.4, -0.2) is 12.5 Å². The minimum atomic E-state index is -1.34. The van der Waals surface area contributed by atoms with Gasteiger partial charge in [0.1, 0.15) is 5.82 Å². The van der Waals surface area contributed by atoms with Crippen LogP contribution in [0.5, 0.6) is 0 Å². The van der Waals surface area contributed by atoms with Gasteiger partial charge in [-0.2, -0.15) is 0 Å². The Kier molecular flexibility index (Phi) is 6.01. The van der Waals surface area contributed by atoms with E-state index in [0.717, 1.165) is 12.5 Å². The summed E-state index contributed by atoms with van der Waals surface area (Å²) in [6.45, 7) is 4.33. The van der Waals surface area contributed by atoms with Gasteiger partial charge in [-0.25, -0.2) is 13.2 Å². The second-order valence-corrected chi connectivity index (χ2v) is 5.23. The van der Waals surface area contributed by atoms with Gasteiger partial charge < -0.3 is 11.1 Å². The van der Waals surface area contributed by atoms with Crippen LogP contribution in [0.3, 0.4) is 0 Å². The maximum atomic E-state index is 13.4. The van der Waals surface area contributed by atoms with Crippen LogP contribution in [0, 0.1) is 29.3 Å². The number of benzene rings is 1. The molecule has 1 amide bonds. The van der Waals surface area contributed by atoms with Crippen molar-refractivity contribution in [3.8, 4) is 0 Å². The monoisotopic (exact) mass is 288 g/mol. The fourth-order valence-corrected chi connectivity index (χ4v) is 2.04. The van der Waals surface area contributed by atoms with Gasteiger partial charge >= 0.3 is 0 Å². The van der Waals surface area contributed by atoms with Crippen molar-refractivity contribution in [3.63, 3.8) is 0 Å². The molecule has 3 nitrogen and oxygen atoms in total. The summed E-state index contributed by atoms with van der Waals surface area (Å²) in [6, 6.07) is 1.17. The van der Waals surface area contributed by atoms with Gasteiger partial charge in [-0.1, -0.05) is 13.8 Å².